The SMILES string of the molecule is CNC(Cc1csc(C)n1)CC(C)C(C)(C)C. The highest BCUT2D eigenvalue weighted by Gasteiger charge is 2.23. The lowest BCUT2D eigenvalue weighted by Crippen LogP contribution is -2.33. The molecule has 2 nitrogen and oxygen atoms in total. The Morgan fingerprint density at radius 2 is 2.06 bits per heavy atom. The highest BCUT2D eigenvalue weighted by atomic mass is 32.1. The molecule has 0 aliphatic heterocycles. The first kappa shape index (κ1) is 14.7. The van der Waals surface area contributed by atoms with E-state index >= 15 is 0 Å². The molecule has 2 atom stereocenters. The maximum atomic E-state index is 4.55. The maximum Gasteiger partial charge on any atom is 0.0897 e. The van der Waals surface area contributed by atoms with Crippen LogP contribution in [0.1, 0.15) is 44.8 Å². The molecule has 98 valence electrons. The molecule has 0 aromatic carbocycles. The van der Waals surface area contributed by atoms with Gasteiger partial charge in [-0.2, -0.15) is 0 Å². The van der Waals surface area contributed by atoms with Gasteiger partial charge < -0.3 is 5.32 Å². The second-order valence-corrected chi connectivity index (χ2v) is 7.11. The Kier molecular flexibility index (Phi) is 5.14. The third-order valence-electron chi connectivity index (χ3n) is 3.65. The van der Waals surface area contributed by atoms with Crippen LogP contribution in [0.4, 0.5) is 0 Å². The van der Waals surface area contributed by atoms with Crippen molar-refractivity contribution in [3.8, 4) is 0 Å². The van der Waals surface area contributed by atoms with Gasteiger partial charge in [-0.1, -0.05) is 27.7 Å². The molecule has 1 N–H and O–H groups in total. The number of hydrogen-bond donors (Lipinski definition) is 1. The van der Waals surface area contributed by atoms with Crippen molar-refractivity contribution < 1.29 is 0 Å². The van der Waals surface area contributed by atoms with E-state index in [-0.39, 0.29) is 0 Å². The van der Waals surface area contributed by atoms with E-state index in [1.165, 1.54) is 17.1 Å². The molecule has 0 bridgehead atoms. The fraction of sp³-hybridized carbons (Fsp3) is 0.786. The average molecular weight is 254 g/mol. The number of aromatic nitrogens is 1. The van der Waals surface area contributed by atoms with Gasteiger partial charge in [-0.3, -0.25) is 0 Å². The zero-order chi connectivity index (χ0) is 13.1. The highest BCUT2D eigenvalue weighted by molar-refractivity contribution is 7.09. The van der Waals surface area contributed by atoms with Gasteiger partial charge in [-0.25, -0.2) is 4.98 Å². The molecule has 1 aromatic heterocycles. The zero-order valence-electron chi connectivity index (χ0n) is 12.0. The Bertz CT molecular complexity index is 338. The van der Waals surface area contributed by atoms with Crippen molar-refractivity contribution in [3.63, 3.8) is 0 Å². The van der Waals surface area contributed by atoms with Crippen molar-refractivity contribution in [2.75, 3.05) is 7.05 Å². The van der Waals surface area contributed by atoms with Crippen LogP contribution in [0.15, 0.2) is 5.38 Å². The Morgan fingerprint density at radius 1 is 1.41 bits per heavy atom. The topological polar surface area (TPSA) is 24.9 Å². The van der Waals surface area contributed by atoms with Crippen LogP contribution in [0.2, 0.25) is 0 Å². The normalized spacial score (nSPS) is 15.9. The number of nitrogens with zero attached hydrogens (tertiary/aromatic N) is 1. The molecule has 1 heterocycles. The van der Waals surface area contributed by atoms with E-state index in [1.807, 2.05) is 0 Å². The van der Waals surface area contributed by atoms with Crippen LogP contribution in [-0.2, 0) is 6.42 Å². The smallest absolute Gasteiger partial charge is 0.0897 e. The van der Waals surface area contributed by atoms with Gasteiger partial charge in [-0.05, 0) is 31.7 Å². The van der Waals surface area contributed by atoms with Gasteiger partial charge in [0.1, 0.15) is 0 Å². The summed E-state index contributed by atoms with van der Waals surface area (Å²) in [5.74, 6) is 0.708. The van der Waals surface area contributed by atoms with Crippen LogP contribution in [-0.4, -0.2) is 18.1 Å². The summed E-state index contributed by atoms with van der Waals surface area (Å²) >= 11 is 1.74. The van der Waals surface area contributed by atoms with E-state index < -0.39 is 0 Å². The van der Waals surface area contributed by atoms with Crippen molar-refractivity contribution in [1.82, 2.24) is 10.3 Å². The van der Waals surface area contributed by atoms with Crippen molar-refractivity contribution in [1.29, 1.82) is 0 Å². The van der Waals surface area contributed by atoms with Crippen molar-refractivity contribution in [2.24, 2.45) is 11.3 Å². The van der Waals surface area contributed by atoms with Crippen LogP contribution in [0.3, 0.4) is 0 Å². The van der Waals surface area contributed by atoms with E-state index in [4.69, 9.17) is 0 Å². The molecule has 0 spiro atoms. The Hall–Kier alpha value is -0.410. The second kappa shape index (κ2) is 5.96. The Labute approximate surface area is 110 Å². The number of rotatable bonds is 5. The monoisotopic (exact) mass is 254 g/mol. The van der Waals surface area contributed by atoms with E-state index in [1.54, 1.807) is 11.3 Å². The molecule has 1 rings (SSSR count). The van der Waals surface area contributed by atoms with Gasteiger partial charge in [0.15, 0.2) is 0 Å². The summed E-state index contributed by atoms with van der Waals surface area (Å²) in [6, 6.07) is 0.533. The fourth-order valence-corrected chi connectivity index (χ4v) is 2.46. The van der Waals surface area contributed by atoms with Crippen molar-refractivity contribution in [2.45, 2.75) is 53.5 Å². The van der Waals surface area contributed by atoms with Gasteiger partial charge in [-0.15, -0.1) is 11.3 Å². The summed E-state index contributed by atoms with van der Waals surface area (Å²) in [6.45, 7) is 11.4. The van der Waals surface area contributed by atoms with E-state index in [2.05, 4.69) is 57.3 Å². The summed E-state index contributed by atoms with van der Waals surface area (Å²) in [6.07, 6.45) is 2.25. The molecule has 0 saturated carbocycles. The highest BCUT2D eigenvalue weighted by Crippen LogP contribution is 2.29. The van der Waals surface area contributed by atoms with Crippen molar-refractivity contribution >= 4 is 11.3 Å². The van der Waals surface area contributed by atoms with Gasteiger partial charge in [0.05, 0.1) is 10.7 Å². The lowest BCUT2D eigenvalue weighted by Gasteiger charge is -2.30. The third kappa shape index (κ3) is 4.76. The van der Waals surface area contributed by atoms with Crippen LogP contribution < -0.4 is 5.32 Å². The van der Waals surface area contributed by atoms with Gasteiger partial charge in [0, 0.05) is 17.8 Å². The summed E-state index contributed by atoms with van der Waals surface area (Å²) in [5, 5.41) is 6.77. The largest absolute Gasteiger partial charge is 0.317 e. The van der Waals surface area contributed by atoms with Crippen LogP contribution in [0.25, 0.3) is 0 Å². The first-order chi connectivity index (χ1) is 7.82. The Balaban J connectivity index is 2.55. The van der Waals surface area contributed by atoms with Crippen LogP contribution in [0.5, 0.6) is 0 Å². The first-order valence-electron chi connectivity index (χ1n) is 6.41. The number of hydrogen-bond acceptors (Lipinski definition) is 3. The zero-order valence-corrected chi connectivity index (χ0v) is 12.8. The number of likely N-dealkylation sites (N-methyl/N-ethyl adjacent to an activating group) is 1. The molecule has 1 aromatic rings. The van der Waals surface area contributed by atoms with Gasteiger partial charge in [0.2, 0.25) is 0 Å². The average Bonchev–Trinajstić information content (AvgIpc) is 2.61. The fourth-order valence-electron chi connectivity index (χ4n) is 1.84. The molecular formula is C14H26N2S. The number of thiazole rings is 1. The van der Waals surface area contributed by atoms with Crippen molar-refractivity contribution in [3.05, 3.63) is 16.1 Å². The van der Waals surface area contributed by atoms with Gasteiger partial charge in [0.25, 0.3) is 0 Å². The lowest BCUT2D eigenvalue weighted by molar-refractivity contribution is 0.224. The quantitative estimate of drug-likeness (QED) is 0.867. The van der Waals surface area contributed by atoms with Gasteiger partial charge >= 0.3 is 0 Å². The number of aryl methyl sites for hydroxylation is 1. The lowest BCUT2D eigenvalue weighted by atomic mass is 9.78. The standard InChI is InChI=1S/C14H26N2S/c1-10(14(3,4)5)7-12(15-6)8-13-9-17-11(2)16-13/h9-10,12,15H,7-8H2,1-6H3. The molecular weight excluding hydrogens is 228 g/mol. The Morgan fingerprint density at radius 3 is 2.47 bits per heavy atom. The van der Waals surface area contributed by atoms with E-state index in [9.17, 15) is 0 Å². The minimum absolute atomic E-state index is 0.382. The summed E-state index contributed by atoms with van der Waals surface area (Å²) in [7, 11) is 2.05. The maximum absolute atomic E-state index is 4.55. The molecule has 0 amide bonds. The third-order valence-corrected chi connectivity index (χ3v) is 4.47. The van der Waals surface area contributed by atoms with E-state index in [0.29, 0.717) is 17.4 Å². The molecule has 3 heteroatoms. The predicted octanol–water partition coefficient (Wildman–Crippen LogP) is 3.65. The molecule has 0 radical (unpaired) electrons. The second-order valence-electron chi connectivity index (χ2n) is 6.05. The summed E-state index contributed by atoms with van der Waals surface area (Å²) < 4.78 is 0. The van der Waals surface area contributed by atoms with Crippen LogP contribution >= 0.6 is 11.3 Å². The number of nitrogens with one attached hydrogen (secondary N) is 1. The predicted molar refractivity (Wildman–Crippen MR) is 76.6 cm³/mol. The first-order valence-corrected chi connectivity index (χ1v) is 7.29. The summed E-state index contributed by atoms with van der Waals surface area (Å²) in [5.41, 5.74) is 1.61. The molecule has 17 heavy (non-hydrogen) atoms. The van der Waals surface area contributed by atoms with Crippen LogP contribution in [0, 0.1) is 18.3 Å². The molecule has 0 aliphatic rings. The minimum atomic E-state index is 0.382. The minimum Gasteiger partial charge on any atom is -0.317 e. The van der Waals surface area contributed by atoms with E-state index in [0.717, 1.165) is 6.42 Å². The molecule has 0 aliphatic carbocycles. The molecule has 0 fully saturated rings. The summed E-state index contributed by atoms with van der Waals surface area (Å²) in [4.78, 5) is 4.55. The molecule has 0 saturated heterocycles. The molecule has 2 unspecified atom stereocenters.